The Morgan fingerprint density at radius 1 is 1.04 bits per heavy atom. The maximum atomic E-state index is 12.3. The lowest BCUT2D eigenvalue weighted by Crippen LogP contribution is -2.15. The number of aryl methyl sites for hydroxylation is 3. The fourth-order valence-corrected chi connectivity index (χ4v) is 2.51. The molecular weight excluding hydrogens is 338 g/mol. The Labute approximate surface area is 150 Å². The van der Waals surface area contributed by atoms with Crippen molar-refractivity contribution < 1.29 is 24.0 Å². The van der Waals surface area contributed by atoms with E-state index in [-0.39, 0.29) is 22.8 Å². The van der Waals surface area contributed by atoms with Gasteiger partial charge in [-0.25, -0.2) is 4.79 Å². The number of carbonyl (C=O) groups excluding carboxylic acids is 2. The molecule has 2 aromatic carbocycles. The molecule has 0 heterocycles. The van der Waals surface area contributed by atoms with Crippen molar-refractivity contribution in [2.75, 3.05) is 13.7 Å². The number of hydrogen-bond acceptors (Lipinski definition) is 6. The number of ketones is 1. The summed E-state index contributed by atoms with van der Waals surface area (Å²) in [7, 11) is 1.30. The molecule has 0 radical (unpaired) electrons. The molecule has 136 valence electrons. The number of methoxy groups -OCH3 is 1. The van der Waals surface area contributed by atoms with Crippen LogP contribution in [-0.2, 0) is 4.74 Å². The van der Waals surface area contributed by atoms with Gasteiger partial charge in [-0.3, -0.25) is 14.9 Å². The monoisotopic (exact) mass is 357 g/mol. The van der Waals surface area contributed by atoms with Crippen LogP contribution in [-0.4, -0.2) is 30.4 Å². The van der Waals surface area contributed by atoms with Gasteiger partial charge in [0.05, 0.1) is 17.6 Å². The topological polar surface area (TPSA) is 95.7 Å². The van der Waals surface area contributed by atoms with Crippen LogP contribution < -0.4 is 4.74 Å². The third-order valence-corrected chi connectivity index (χ3v) is 4.09. The van der Waals surface area contributed by atoms with Crippen LogP contribution in [0.25, 0.3) is 0 Å². The van der Waals surface area contributed by atoms with Crippen molar-refractivity contribution in [3.63, 3.8) is 0 Å². The first-order valence-electron chi connectivity index (χ1n) is 7.85. The van der Waals surface area contributed by atoms with Gasteiger partial charge in [0.1, 0.15) is 0 Å². The first kappa shape index (κ1) is 19.1. The predicted octanol–water partition coefficient (Wildman–Crippen LogP) is 3.57. The molecule has 0 atom stereocenters. The van der Waals surface area contributed by atoms with E-state index in [0.29, 0.717) is 5.56 Å². The molecule has 7 nitrogen and oxygen atoms in total. The van der Waals surface area contributed by atoms with Crippen molar-refractivity contribution in [2.24, 2.45) is 0 Å². The zero-order chi connectivity index (χ0) is 19.4. The van der Waals surface area contributed by atoms with Gasteiger partial charge in [0, 0.05) is 11.6 Å². The quantitative estimate of drug-likeness (QED) is 0.339. The van der Waals surface area contributed by atoms with Gasteiger partial charge in [-0.1, -0.05) is 6.07 Å². The van der Waals surface area contributed by atoms with Gasteiger partial charge in [-0.15, -0.1) is 0 Å². The zero-order valence-corrected chi connectivity index (χ0v) is 15.0. The minimum atomic E-state index is -0.814. The molecule has 0 aromatic heterocycles. The second-order valence-corrected chi connectivity index (χ2v) is 5.89. The second-order valence-electron chi connectivity index (χ2n) is 5.89. The standard InChI is InChI=1S/C19H19NO6/c1-11-7-13(3)15(8-12(11)2)17(21)10-26-19(22)14-5-6-18(25-4)16(9-14)20(23)24/h5-9H,10H2,1-4H3. The highest BCUT2D eigenvalue weighted by Gasteiger charge is 2.20. The Bertz CT molecular complexity index is 888. The Morgan fingerprint density at radius 2 is 1.69 bits per heavy atom. The number of Topliss-reactive ketones (excluding diaryl/α,β-unsaturated/α-hetero) is 1. The van der Waals surface area contributed by atoms with Crippen molar-refractivity contribution in [1.29, 1.82) is 0 Å². The highest BCUT2D eigenvalue weighted by molar-refractivity contribution is 6.00. The summed E-state index contributed by atoms with van der Waals surface area (Å²) in [6.45, 7) is 5.22. The van der Waals surface area contributed by atoms with Crippen molar-refractivity contribution >= 4 is 17.4 Å². The smallest absolute Gasteiger partial charge is 0.338 e. The van der Waals surface area contributed by atoms with Crippen molar-refractivity contribution in [1.82, 2.24) is 0 Å². The summed E-state index contributed by atoms with van der Waals surface area (Å²) < 4.78 is 9.91. The molecule has 0 saturated heterocycles. The first-order valence-corrected chi connectivity index (χ1v) is 7.85. The molecule has 0 fully saturated rings. The number of rotatable bonds is 6. The molecule has 0 N–H and O–H groups in total. The summed E-state index contributed by atoms with van der Waals surface area (Å²) in [5, 5.41) is 11.0. The van der Waals surface area contributed by atoms with Crippen LogP contribution in [0.5, 0.6) is 5.75 Å². The number of esters is 1. The van der Waals surface area contributed by atoms with E-state index in [1.54, 1.807) is 6.07 Å². The number of carbonyl (C=O) groups is 2. The molecule has 0 aliphatic carbocycles. The van der Waals surface area contributed by atoms with Crippen molar-refractivity contribution in [3.05, 3.63) is 68.3 Å². The first-order chi connectivity index (χ1) is 12.2. The van der Waals surface area contributed by atoms with Crippen LogP contribution in [0, 0.1) is 30.9 Å². The zero-order valence-electron chi connectivity index (χ0n) is 15.0. The highest BCUT2D eigenvalue weighted by atomic mass is 16.6. The Hall–Kier alpha value is -3.22. The number of nitro benzene ring substituents is 1. The van der Waals surface area contributed by atoms with E-state index in [9.17, 15) is 19.7 Å². The molecule has 0 amide bonds. The van der Waals surface area contributed by atoms with Gasteiger partial charge >= 0.3 is 11.7 Å². The lowest BCUT2D eigenvalue weighted by atomic mass is 9.98. The molecule has 0 bridgehead atoms. The summed E-state index contributed by atoms with van der Waals surface area (Å²) in [6, 6.07) is 7.38. The van der Waals surface area contributed by atoms with E-state index >= 15 is 0 Å². The van der Waals surface area contributed by atoms with Crippen molar-refractivity contribution in [3.8, 4) is 5.75 Å². The van der Waals surface area contributed by atoms with Crippen molar-refractivity contribution in [2.45, 2.75) is 20.8 Å². The van der Waals surface area contributed by atoms with Crippen LogP contribution >= 0.6 is 0 Å². The largest absolute Gasteiger partial charge is 0.490 e. The van der Waals surface area contributed by atoms with E-state index < -0.39 is 17.5 Å². The van der Waals surface area contributed by atoms with Gasteiger partial charge in [0.25, 0.3) is 0 Å². The summed E-state index contributed by atoms with van der Waals surface area (Å²) in [4.78, 5) is 34.8. The van der Waals surface area contributed by atoms with E-state index in [4.69, 9.17) is 9.47 Å². The predicted molar refractivity (Wildman–Crippen MR) is 94.9 cm³/mol. The van der Waals surface area contributed by atoms with Crippen LogP contribution in [0.1, 0.15) is 37.4 Å². The molecule has 0 aliphatic rings. The SMILES string of the molecule is COc1ccc(C(=O)OCC(=O)c2cc(C)c(C)cc2C)cc1[N+](=O)[O-]. The maximum Gasteiger partial charge on any atom is 0.338 e. The molecule has 0 aliphatic heterocycles. The van der Waals surface area contributed by atoms with Gasteiger partial charge < -0.3 is 9.47 Å². The third-order valence-electron chi connectivity index (χ3n) is 4.09. The van der Waals surface area contributed by atoms with Crippen LogP contribution in [0.3, 0.4) is 0 Å². The Kier molecular flexibility index (Phi) is 5.71. The fourth-order valence-electron chi connectivity index (χ4n) is 2.51. The number of nitrogens with zero attached hydrogens (tertiary/aromatic N) is 1. The van der Waals surface area contributed by atoms with Gasteiger partial charge in [-0.2, -0.15) is 0 Å². The average molecular weight is 357 g/mol. The minimum Gasteiger partial charge on any atom is -0.490 e. The normalized spacial score (nSPS) is 10.3. The number of ether oxygens (including phenoxy) is 2. The van der Waals surface area contributed by atoms with Crippen LogP contribution in [0.2, 0.25) is 0 Å². The summed E-state index contributed by atoms with van der Waals surface area (Å²) in [5.41, 5.74) is 2.95. The molecule has 26 heavy (non-hydrogen) atoms. The lowest BCUT2D eigenvalue weighted by molar-refractivity contribution is -0.385. The van der Waals surface area contributed by atoms with Gasteiger partial charge in [-0.05, 0) is 55.7 Å². The fraction of sp³-hybridized carbons (Fsp3) is 0.263. The summed E-state index contributed by atoms with van der Waals surface area (Å²) in [5.74, 6) is -1.11. The highest BCUT2D eigenvalue weighted by Crippen LogP contribution is 2.27. The molecule has 0 saturated carbocycles. The van der Waals surface area contributed by atoms with E-state index in [0.717, 1.165) is 22.8 Å². The Morgan fingerprint density at radius 3 is 2.31 bits per heavy atom. The number of nitro groups is 1. The second kappa shape index (κ2) is 7.77. The minimum absolute atomic E-state index is 0.0258. The number of hydrogen-bond donors (Lipinski definition) is 0. The van der Waals surface area contributed by atoms with E-state index in [1.807, 2.05) is 26.8 Å². The third kappa shape index (κ3) is 4.05. The molecular formula is C19H19NO6. The van der Waals surface area contributed by atoms with Crippen LogP contribution in [0.4, 0.5) is 5.69 Å². The number of benzene rings is 2. The van der Waals surface area contributed by atoms with Gasteiger partial charge in [0.15, 0.2) is 12.4 Å². The lowest BCUT2D eigenvalue weighted by Gasteiger charge is -2.10. The average Bonchev–Trinajstić information content (AvgIpc) is 2.61. The molecule has 2 rings (SSSR count). The molecule has 0 spiro atoms. The van der Waals surface area contributed by atoms with E-state index in [2.05, 4.69) is 0 Å². The summed E-state index contributed by atoms with van der Waals surface area (Å²) in [6.07, 6.45) is 0. The maximum absolute atomic E-state index is 12.3. The Balaban J connectivity index is 2.14. The molecule has 7 heteroatoms. The molecule has 2 aromatic rings. The molecule has 0 unspecified atom stereocenters. The van der Waals surface area contributed by atoms with E-state index in [1.165, 1.54) is 19.2 Å². The van der Waals surface area contributed by atoms with Crippen LogP contribution in [0.15, 0.2) is 30.3 Å². The summed E-state index contributed by atoms with van der Waals surface area (Å²) >= 11 is 0. The van der Waals surface area contributed by atoms with Gasteiger partial charge in [0.2, 0.25) is 5.78 Å².